The Labute approximate surface area is 176 Å². The van der Waals surface area contributed by atoms with Crippen LogP contribution in [0.4, 0.5) is 0 Å². The van der Waals surface area contributed by atoms with E-state index in [1.54, 1.807) is 25.2 Å². The van der Waals surface area contributed by atoms with E-state index in [-0.39, 0.29) is 11.9 Å². The number of fused-ring (bicyclic) bond motifs is 3. The van der Waals surface area contributed by atoms with Crippen molar-refractivity contribution in [3.63, 3.8) is 0 Å². The Balaban J connectivity index is 1.93. The van der Waals surface area contributed by atoms with Crippen molar-refractivity contribution in [2.24, 2.45) is 0 Å². The van der Waals surface area contributed by atoms with Crippen molar-refractivity contribution in [3.05, 3.63) is 67.2 Å². The quantitative estimate of drug-likeness (QED) is 0.515. The lowest BCUT2D eigenvalue weighted by Gasteiger charge is -2.31. The first-order chi connectivity index (χ1) is 12.9. The maximum atomic E-state index is 12.4. The smallest absolute Gasteiger partial charge is 0.237 e. The Morgan fingerprint density at radius 3 is 2.52 bits per heavy atom. The molecule has 1 aliphatic heterocycles. The molecule has 0 saturated carbocycles. The summed E-state index contributed by atoms with van der Waals surface area (Å²) in [6.07, 6.45) is 0.522. The van der Waals surface area contributed by atoms with Gasteiger partial charge in [-0.25, -0.2) is 0 Å². The van der Waals surface area contributed by atoms with Crippen LogP contribution in [-0.4, -0.2) is 24.0 Å². The minimum atomic E-state index is -0.410. The fraction of sp³-hybridized carbons (Fsp3) is 0.211. The van der Waals surface area contributed by atoms with Crippen LogP contribution in [0.5, 0.6) is 0 Å². The van der Waals surface area contributed by atoms with Gasteiger partial charge in [0, 0.05) is 33.7 Å². The van der Waals surface area contributed by atoms with E-state index < -0.39 is 6.04 Å². The third-order valence-corrected chi connectivity index (χ3v) is 6.17. The molecule has 3 N–H and O–H groups in total. The van der Waals surface area contributed by atoms with Gasteiger partial charge in [-0.2, -0.15) is 0 Å². The standard InChI is InChI=1S/C19H15Cl4N3O/c1-24-19(27)16-6-11-10-5-13(22)14(23)7-15(10)25-18(11)17(26-16)9-3-2-8(20)4-12(9)21/h2-5,7,16-17,25-26H,6H2,1H3,(H,24,27)/t16-,17-/m0/s1. The number of amides is 1. The number of benzene rings is 2. The molecule has 1 aliphatic rings. The van der Waals surface area contributed by atoms with Gasteiger partial charge < -0.3 is 10.3 Å². The van der Waals surface area contributed by atoms with Crippen molar-refractivity contribution in [2.75, 3.05) is 7.05 Å². The summed E-state index contributed by atoms with van der Waals surface area (Å²) >= 11 is 24.9. The number of aromatic nitrogens is 1. The fourth-order valence-corrected chi connectivity index (χ4v) is 4.45. The maximum Gasteiger partial charge on any atom is 0.237 e. The number of aromatic amines is 1. The van der Waals surface area contributed by atoms with Crippen molar-refractivity contribution in [1.82, 2.24) is 15.6 Å². The van der Waals surface area contributed by atoms with Gasteiger partial charge in [-0.3, -0.25) is 10.1 Å². The topological polar surface area (TPSA) is 56.9 Å². The van der Waals surface area contributed by atoms with Crippen molar-refractivity contribution < 1.29 is 4.79 Å². The van der Waals surface area contributed by atoms with Crippen LogP contribution in [0.25, 0.3) is 10.9 Å². The van der Waals surface area contributed by atoms with Crippen molar-refractivity contribution in [3.8, 4) is 0 Å². The van der Waals surface area contributed by atoms with E-state index in [0.717, 1.165) is 27.7 Å². The van der Waals surface area contributed by atoms with Gasteiger partial charge in [0.25, 0.3) is 0 Å². The molecule has 0 bridgehead atoms. The molecule has 3 aromatic rings. The van der Waals surface area contributed by atoms with Crippen LogP contribution in [-0.2, 0) is 11.2 Å². The third kappa shape index (κ3) is 3.30. The van der Waals surface area contributed by atoms with Crippen molar-refractivity contribution in [1.29, 1.82) is 0 Å². The number of hydrogen-bond acceptors (Lipinski definition) is 2. The van der Waals surface area contributed by atoms with Gasteiger partial charge in [0.15, 0.2) is 0 Å². The predicted molar refractivity (Wildman–Crippen MR) is 111 cm³/mol. The SMILES string of the molecule is CNC(=O)[C@@H]1Cc2c([nH]c3cc(Cl)c(Cl)cc23)[C@H](c2ccc(Cl)cc2Cl)N1. The fourth-order valence-electron chi connectivity index (χ4n) is 3.60. The van der Waals surface area contributed by atoms with Gasteiger partial charge in [0.1, 0.15) is 0 Å². The monoisotopic (exact) mass is 441 g/mol. The molecular weight excluding hydrogens is 428 g/mol. The van der Waals surface area contributed by atoms with E-state index in [0.29, 0.717) is 26.5 Å². The maximum absolute atomic E-state index is 12.4. The van der Waals surface area contributed by atoms with Crippen LogP contribution in [0, 0.1) is 0 Å². The molecule has 0 radical (unpaired) electrons. The van der Waals surface area contributed by atoms with Crippen molar-refractivity contribution >= 4 is 63.2 Å². The van der Waals surface area contributed by atoms with E-state index in [2.05, 4.69) is 15.6 Å². The number of nitrogens with one attached hydrogen (secondary N) is 3. The molecule has 140 valence electrons. The molecule has 0 spiro atoms. The molecule has 0 aliphatic carbocycles. The van der Waals surface area contributed by atoms with E-state index in [1.165, 1.54) is 0 Å². The Hall–Kier alpha value is -1.43. The summed E-state index contributed by atoms with van der Waals surface area (Å²) in [6.45, 7) is 0. The van der Waals surface area contributed by atoms with Crippen LogP contribution < -0.4 is 10.6 Å². The average Bonchev–Trinajstić information content (AvgIpc) is 2.98. The highest BCUT2D eigenvalue weighted by atomic mass is 35.5. The molecule has 1 aromatic heterocycles. The van der Waals surface area contributed by atoms with Crippen LogP contribution in [0.15, 0.2) is 30.3 Å². The molecule has 2 heterocycles. The summed E-state index contributed by atoms with van der Waals surface area (Å²) in [5.74, 6) is -0.0925. The molecule has 0 unspecified atom stereocenters. The molecule has 0 fully saturated rings. The van der Waals surface area contributed by atoms with Crippen molar-refractivity contribution in [2.45, 2.75) is 18.5 Å². The van der Waals surface area contributed by atoms with E-state index in [9.17, 15) is 4.79 Å². The molecular formula is C19H15Cl4N3O. The number of halogens is 4. The lowest BCUT2D eigenvalue weighted by Crippen LogP contribution is -2.49. The summed E-state index contributed by atoms with van der Waals surface area (Å²) in [5.41, 5.74) is 3.66. The summed E-state index contributed by atoms with van der Waals surface area (Å²) in [4.78, 5) is 15.8. The number of carbonyl (C=O) groups excluding carboxylic acids is 1. The summed E-state index contributed by atoms with van der Waals surface area (Å²) in [5, 5.41) is 9.07. The first-order valence-corrected chi connectivity index (χ1v) is 9.82. The number of H-pyrrole nitrogens is 1. The van der Waals surface area contributed by atoms with Gasteiger partial charge >= 0.3 is 0 Å². The molecule has 1 amide bonds. The highest BCUT2D eigenvalue weighted by Gasteiger charge is 2.34. The number of likely N-dealkylation sites (N-methyl/N-ethyl adjacent to an activating group) is 1. The number of carbonyl (C=O) groups is 1. The van der Waals surface area contributed by atoms with Gasteiger partial charge in [0.2, 0.25) is 5.91 Å². The summed E-state index contributed by atoms with van der Waals surface area (Å²) < 4.78 is 0. The third-order valence-electron chi connectivity index (χ3n) is 4.88. The highest BCUT2D eigenvalue weighted by molar-refractivity contribution is 6.42. The van der Waals surface area contributed by atoms with Gasteiger partial charge in [-0.05, 0) is 41.8 Å². The normalized spacial score (nSPS) is 19.1. The summed E-state index contributed by atoms with van der Waals surface area (Å²) in [6, 6.07) is 8.26. The molecule has 27 heavy (non-hydrogen) atoms. The molecule has 4 nitrogen and oxygen atoms in total. The van der Waals surface area contributed by atoms with Crippen LogP contribution in [0.2, 0.25) is 20.1 Å². The molecule has 2 atom stereocenters. The minimum Gasteiger partial charge on any atom is -0.358 e. The zero-order valence-electron chi connectivity index (χ0n) is 14.2. The zero-order chi connectivity index (χ0) is 19.3. The number of hydrogen-bond donors (Lipinski definition) is 3. The Kier molecular flexibility index (Phi) is 5.04. The second kappa shape index (κ2) is 7.19. The van der Waals surface area contributed by atoms with Gasteiger partial charge in [-0.1, -0.05) is 52.5 Å². The van der Waals surface area contributed by atoms with Gasteiger partial charge in [-0.15, -0.1) is 0 Å². The Morgan fingerprint density at radius 2 is 1.81 bits per heavy atom. The highest BCUT2D eigenvalue weighted by Crippen LogP contribution is 2.40. The molecule has 2 aromatic carbocycles. The Bertz CT molecular complexity index is 1060. The lowest BCUT2D eigenvalue weighted by molar-refractivity contribution is -0.122. The number of rotatable bonds is 2. The van der Waals surface area contributed by atoms with E-state index >= 15 is 0 Å². The largest absolute Gasteiger partial charge is 0.358 e. The molecule has 0 saturated heterocycles. The lowest BCUT2D eigenvalue weighted by atomic mass is 9.90. The van der Waals surface area contributed by atoms with E-state index in [1.807, 2.05) is 12.1 Å². The van der Waals surface area contributed by atoms with Gasteiger partial charge in [0.05, 0.1) is 22.1 Å². The second-order valence-electron chi connectivity index (χ2n) is 6.47. The van der Waals surface area contributed by atoms with Crippen LogP contribution >= 0.6 is 46.4 Å². The average molecular weight is 443 g/mol. The second-order valence-corrected chi connectivity index (χ2v) is 8.12. The zero-order valence-corrected chi connectivity index (χ0v) is 17.2. The Morgan fingerprint density at radius 1 is 1.07 bits per heavy atom. The summed E-state index contributed by atoms with van der Waals surface area (Å²) in [7, 11) is 1.62. The minimum absolute atomic E-state index is 0.0925. The molecule has 4 rings (SSSR count). The van der Waals surface area contributed by atoms with Crippen LogP contribution in [0.3, 0.4) is 0 Å². The first-order valence-electron chi connectivity index (χ1n) is 8.31. The molecule has 8 heteroatoms. The first kappa shape index (κ1) is 18.9. The van der Waals surface area contributed by atoms with E-state index in [4.69, 9.17) is 46.4 Å². The predicted octanol–water partition coefficient (Wildman–Crippen LogP) is 5.13. The van der Waals surface area contributed by atoms with Crippen LogP contribution in [0.1, 0.15) is 22.9 Å².